The van der Waals surface area contributed by atoms with Crippen LogP contribution in [0, 0.1) is 6.92 Å². The van der Waals surface area contributed by atoms with Crippen molar-refractivity contribution < 1.29 is 22.6 Å². The van der Waals surface area contributed by atoms with Gasteiger partial charge >= 0.3 is 0 Å². The van der Waals surface area contributed by atoms with Crippen LogP contribution in [0.15, 0.2) is 59.5 Å². The van der Waals surface area contributed by atoms with Crippen molar-refractivity contribution >= 4 is 21.4 Å². The summed E-state index contributed by atoms with van der Waals surface area (Å²) in [5.74, 6) is -0.0309. The van der Waals surface area contributed by atoms with Crippen LogP contribution < -0.4 is 4.74 Å². The molecule has 0 N–H and O–H groups in total. The van der Waals surface area contributed by atoms with Crippen LogP contribution in [0.1, 0.15) is 66.0 Å². The summed E-state index contributed by atoms with van der Waals surface area (Å²) in [6, 6.07) is 17.7. The van der Waals surface area contributed by atoms with E-state index in [2.05, 4.69) is 37.3 Å². The summed E-state index contributed by atoms with van der Waals surface area (Å²) in [4.78, 5) is 2.57. The molecule has 2 aromatic carbocycles. The Morgan fingerprint density at radius 2 is 1.84 bits per heavy atom. The van der Waals surface area contributed by atoms with Gasteiger partial charge in [-0.05, 0) is 67.6 Å². The zero-order valence-electron chi connectivity index (χ0n) is 21.9. The maximum absolute atomic E-state index is 13.7. The first kappa shape index (κ1) is 26.4. The normalized spacial score (nSPS) is 21.7. The number of fused-ring (bicyclic) bond motifs is 1. The van der Waals surface area contributed by atoms with E-state index in [0.717, 1.165) is 28.8 Å². The van der Waals surface area contributed by atoms with Crippen LogP contribution in [0.2, 0.25) is 0 Å². The van der Waals surface area contributed by atoms with E-state index in [-0.39, 0.29) is 16.9 Å². The molecule has 1 saturated heterocycles. The highest BCUT2D eigenvalue weighted by atomic mass is 32.2. The fourth-order valence-corrected chi connectivity index (χ4v) is 7.96. The Labute approximate surface area is 224 Å². The van der Waals surface area contributed by atoms with E-state index in [1.54, 1.807) is 33.8 Å². The third kappa shape index (κ3) is 5.10. The van der Waals surface area contributed by atoms with E-state index in [1.165, 1.54) is 10.4 Å². The van der Waals surface area contributed by atoms with Crippen molar-refractivity contribution in [3.8, 4) is 5.75 Å². The third-order valence-electron chi connectivity index (χ3n) is 7.41. The number of aryl methyl sites for hydroxylation is 1. The number of hydrogen-bond acceptors (Lipinski definition) is 6. The molecule has 3 aromatic rings. The predicted octanol–water partition coefficient (Wildman–Crippen LogP) is 6.18. The minimum absolute atomic E-state index is 0.198. The first-order valence-corrected chi connectivity index (χ1v) is 15.2. The van der Waals surface area contributed by atoms with Crippen molar-refractivity contribution in [2.24, 2.45) is 0 Å². The zero-order chi connectivity index (χ0) is 26.2. The van der Waals surface area contributed by atoms with Crippen LogP contribution >= 0.6 is 11.3 Å². The molecule has 1 aromatic heterocycles. The van der Waals surface area contributed by atoms with E-state index in [0.29, 0.717) is 32.1 Å². The molecule has 0 saturated carbocycles. The Morgan fingerprint density at radius 1 is 1.08 bits per heavy atom. The summed E-state index contributed by atoms with van der Waals surface area (Å²) >= 11 is 1.73. The summed E-state index contributed by atoms with van der Waals surface area (Å²) in [7, 11) is -3.70. The molecule has 6 nitrogen and oxygen atoms in total. The third-order valence-corrected chi connectivity index (χ3v) is 10.6. The summed E-state index contributed by atoms with van der Waals surface area (Å²) < 4.78 is 46.8. The first-order chi connectivity index (χ1) is 17.7. The Balaban J connectivity index is 1.46. The molecule has 198 valence electrons. The van der Waals surface area contributed by atoms with E-state index >= 15 is 0 Å². The van der Waals surface area contributed by atoms with Gasteiger partial charge in [-0.2, -0.15) is 4.31 Å². The van der Waals surface area contributed by atoms with Gasteiger partial charge < -0.3 is 14.2 Å². The molecule has 1 fully saturated rings. The number of para-hydroxylation sites is 1. The van der Waals surface area contributed by atoms with Crippen LogP contribution in [-0.4, -0.2) is 38.6 Å². The van der Waals surface area contributed by atoms with Crippen LogP contribution in [0.4, 0.5) is 0 Å². The van der Waals surface area contributed by atoms with E-state index in [1.807, 2.05) is 26.8 Å². The van der Waals surface area contributed by atoms with Crippen molar-refractivity contribution in [3.05, 3.63) is 81.0 Å². The molecule has 37 heavy (non-hydrogen) atoms. The molecule has 2 aliphatic rings. The maximum Gasteiger partial charge on any atom is 0.247 e. The van der Waals surface area contributed by atoms with Crippen LogP contribution in [-0.2, 0) is 31.8 Å². The van der Waals surface area contributed by atoms with Gasteiger partial charge in [-0.25, -0.2) is 8.42 Å². The Hall–Kier alpha value is -2.23. The number of thiophene rings is 1. The lowest BCUT2D eigenvalue weighted by Crippen LogP contribution is -2.36. The van der Waals surface area contributed by atoms with Gasteiger partial charge in [0.1, 0.15) is 16.7 Å². The minimum Gasteiger partial charge on any atom is -0.488 e. The van der Waals surface area contributed by atoms with Crippen molar-refractivity contribution in [1.82, 2.24) is 4.31 Å². The average molecular weight is 542 g/mol. The molecule has 0 aliphatic carbocycles. The monoisotopic (exact) mass is 541 g/mol. The second-order valence-electron chi connectivity index (χ2n) is 9.88. The number of hydrogen-bond donors (Lipinski definition) is 0. The molecular formula is C29H35NO5S2. The number of nitrogens with zero attached hydrogens (tertiary/aromatic N) is 1. The fourth-order valence-electron chi connectivity index (χ4n) is 5.11. The largest absolute Gasteiger partial charge is 0.488 e. The first-order valence-electron chi connectivity index (χ1n) is 13.0. The maximum atomic E-state index is 13.7. The zero-order valence-corrected chi connectivity index (χ0v) is 23.5. The molecule has 1 unspecified atom stereocenters. The molecular weight excluding hydrogens is 506 g/mol. The standard InChI is InChI=1S/C29H35NO5S2/c1-5-23-19-30(37(31,32)27-10-8-7-9-25(27)35-23)18-22-17-21(12-11-20(22)3)24(6-2)26-13-14-28(36-26)29(4)33-15-16-34-29/h7-14,17,23-24H,5-6,15-16,18-19H2,1-4H3/t23-,24?/m1/s1. The van der Waals surface area contributed by atoms with Gasteiger partial charge in [0.15, 0.2) is 0 Å². The molecule has 0 bridgehead atoms. The lowest BCUT2D eigenvalue weighted by Gasteiger charge is -2.24. The summed E-state index contributed by atoms with van der Waals surface area (Å²) in [5.41, 5.74) is 3.28. The van der Waals surface area contributed by atoms with Gasteiger partial charge in [0.25, 0.3) is 0 Å². The minimum atomic E-state index is -3.70. The van der Waals surface area contributed by atoms with E-state index in [9.17, 15) is 8.42 Å². The van der Waals surface area contributed by atoms with Gasteiger partial charge in [-0.15, -0.1) is 11.3 Å². The Kier molecular flexibility index (Phi) is 7.49. The molecule has 0 spiro atoms. The summed E-state index contributed by atoms with van der Waals surface area (Å²) in [6.07, 6.45) is 1.46. The van der Waals surface area contributed by atoms with Gasteiger partial charge in [0, 0.05) is 17.3 Å². The van der Waals surface area contributed by atoms with Crippen molar-refractivity contribution in [2.45, 2.75) is 69.8 Å². The van der Waals surface area contributed by atoms with Crippen LogP contribution in [0.25, 0.3) is 0 Å². The number of benzene rings is 2. The Bertz CT molecular complexity index is 1360. The highest BCUT2D eigenvalue weighted by Gasteiger charge is 2.36. The lowest BCUT2D eigenvalue weighted by atomic mass is 9.92. The molecule has 3 heterocycles. The highest BCUT2D eigenvalue weighted by molar-refractivity contribution is 7.89. The molecule has 8 heteroatoms. The molecule has 0 amide bonds. The number of sulfonamides is 1. The second-order valence-corrected chi connectivity index (χ2v) is 12.9. The predicted molar refractivity (Wildman–Crippen MR) is 146 cm³/mol. The van der Waals surface area contributed by atoms with Gasteiger partial charge in [-0.1, -0.05) is 44.2 Å². The number of rotatable bonds is 7. The van der Waals surface area contributed by atoms with E-state index < -0.39 is 15.8 Å². The van der Waals surface area contributed by atoms with Crippen LogP contribution in [0.5, 0.6) is 5.75 Å². The van der Waals surface area contributed by atoms with Crippen LogP contribution in [0.3, 0.4) is 0 Å². The van der Waals surface area contributed by atoms with Gasteiger partial charge in [-0.3, -0.25) is 0 Å². The molecule has 0 radical (unpaired) electrons. The molecule has 2 aliphatic heterocycles. The highest BCUT2D eigenvalue weighted by Crippen LogP contribution is 2.41. The van der Waals surface area contributed by atoms with Gasteiger partial charge in [0.2, 0.25) is 15.8 Å². The average Bonchev–Trinajstić information content (AvgIpc) is 3.54. The lowest BCUT2D eigenvalue weighted by molar-refractivity contribution is -0.146. The van der Waals surface area contributed by atoms with Crippen molar-refractivity contribution in [2.75, 3.05) is 19.8 Å². The quantitative estimate of drug-likeness (QED) is 0.357. The fraction of sp³-hybridized carbons (Fsp3) is 0.448. The second kappa shape index (κ2) is 10.5. The Morgan fingerprint density at radius 3 is 2.57 bits per heavy atom. The summed E-state index contributed by atoms with van der Waals surface area (Å²) in [6.45, 7) is 10.1. The SMILES string of the molecule is CCC(c1ccc(C)c(CN2C[C@@H](CC)Oc3ccccc3S2(=O)=O)c1)c1ccc(C2(C)OCCO2)s1. The molecule has 5 rings (SSSR count). The number of ether oxygens (including phenoxy) is 3. The topological polar surface area (TPSA) is 65.1 Å². The van der Waals surface area contributed by atoms with Crippen molar-refractivity contribution in [1.29, 1.82) is 0 Å². The van der Waals surface area contributed by atoms with Gasteiger partial charge in [0.05, 0.1) is 24.6 Å². The molecule has 2 atom stereocenters. The van der Waals surface area contributed by atoms with Crippen molar-refractivity contribution in [3.63, 3.8) is 0 Å². The smallest absolute Gasteiger partial charge is 0.247 e. The summed E-state index contributed by atoms with van der Waals surface area (Å²) in [5, 5.41) is 0. The van der Waals surface area contributed by atoms with E-state index in [4.69, 9.17) is 14.2 Å².